The molecule has 3 amide bonds. The first-order valence-electron chi connectivity index (χ1n) is 19.6. The number of rotatable bonds is 12. The molecule has 0 radical (unpaired) electrons. The quantitative estimate of drug-likeness (QED) is 0.108. The lowest BCUT2D eigenvalue weighted by molar-refractivity contribution is -0.432. The van der Waals surface area contributed by atoms with E-state index in [9.17, 15) is 48.4 Å². The normalized spacial score (nSPS) is 30.5. The molecular formula is C35H54BN7O14. The Morgan fingerprint density at radius 1 is 0.789 bits per heavy atom. The molecule has 57 heavy (non-hydrogen) atoms. The molecule has 5 fully saturated rings. The Morgan fingerprint density at radius 3 is 1.82 bits per heavy atom. The van der Waals surface area contributed by atoms with Gasteiger partial charge in [-0.05, 0) is 32.1 Å². The number of esters is 4. The van der Waals surface area contributed by atoms with Gasteiger partial charge < -0.3 is 44.5 Å². The second-order valence-electron chi connectivity index (χ2n) is 15.5. The molecule has 5 rings (SSSR count). The average Bonchev–Trinajstić information content (AvgIpc) is 3.61. The van der Waals surface area contributed by atoms with Crippen LogP contribution >= 0.6 is 0 Å². The molecule has 0 aliphatic carbocycles. The zero-order valence-corrected chi connectivity index (χ0v) is 32.7. The topological polar surface area (TPSA) is 254 Å². The summed E-state index contributed by atoms with van der Waals surface area (Å²) >= 11 is 0. The maximum absolute atomic E-state index is 14.0. The van der Waals surface area contributed by atoms with E-state index >= 15 is 0 Å². The third-order valence-electron chi connectivity index (χ3n) is 11.0. The van der Waals surface area contributed by atoms with Crippen LogP contribution in [0.25, 0.3) is 0 Å². The second kappa shape index (κ2) is 19.5. The molecule has 6 atom stereocenters. The second-order valence-corrected chi connectivity index (χ2v) is 15.5. The van der Waals surface area contributed by atoms with E-state index in [-0.39, 0.29) is 57.9 Å². The molecule has 21 nitrogen and oxygen atoms in total. The van der Waals surface area contributed by atoms with E-state index in [4.69, 9.17) is 18.9 Å². The van der Waals surface area contributed by atoms with Crippen molar-refractivity contribution in [2.45, 2.75) is 77.1 Å². The Balaban J connectivity index is 1.24. The number of nitrogens with one attached hydrogen (secondary N) is 2. The van der Waals surface area contributed by atoms with Gasteiger partial charge in [0.25, 0.3) is 0 Å². The fraction of sp³-hybridized carbons (Fsp3) is 0.771. The number of amides is 3. The first-order chi connectivity index (χ1) is 27.0. The number of fused-ring (bicyclic) bond motifs is 12. The third-order valence-corrected chi connectivity index (χ3v) is 11.0. The number of carbonyl (C=O) groups excluding carboxylic acids is 8. The van der Waals surface area contributed by atoms with Crippen LogP contribution in [0, 0.1) is 11.8 Å². The molecule has 5 aliphatic heterocycles. The van der Waals surface area contributed by atoms with E-state index in [2.05, 4.69) is 10.6 Å². The van der Waals surface area contributed by atoms with Crippen LogP contribution in [0.1, 0.15) is 52.9 Å². The lowest BCUT2D eigenvalue weighted by Gasteiger charge is -2.35. The van der Waals surface area contributed by atoms with Crippen LogP contribution in [0.4, 0.5) is 0 Å². The van der Waals surface area contributed by atoms with Crippen molar-refractivity contribution in [3.63, 3.8) is 0 Å². The summed E-state index contributed by atoms with van der Waals surface area (Å²) in [5.74, 6) is -7.92. The van der Waals surface area contributed by atoms with Gasteiger partial charge in [0.15, 0.2) is 5.78 Å². The molecule has 0 saturated carbocycles. The van der Waals surface area contributed by atoms with Crippen molar-refractivity contribution in [2.75, 3.05) is 85.1 Å². The van der Waals surface area contributed by atoms with Gasteiger partial charge in [-0.15, -0.1) is 0 Å². The minimum Gasteiger partial charge on any atom is -0.426 e. The summed E-state index contributed by atoms with van der Waals surface area (Å²) in [7, 11) is -1.70. The Hall–Kier alpha value is -4.22. The van der Waals surface area contributed by atoms with Crippen molar-refractivity contribution in [3.8, 4) is 0 Å². The van der Waals surface area contributed by atoms with Crippen molar-refractivity contribution < 1.29 is 67.4 Å². The zero-order chi connectivity index (χ0) is 41.4. The Morgan fingerprint density at radius 2 is 1.32 bits per heavy atom. The highest BCUT2D eigenvalue weighted by atomic mass is 17.0. The summed E-state index contributed by atoms with van der Waals surface area (Å²) in [6.45, 7) is 6.68. The number of Topliss-reactive ketones (excluding diaryl/α,β-unsaturated/α-hetero) is 1. The summed E-state index contributed by atoms with van der Waals surface area (Å²) in [6.07, 6.45) is -2.79. The number of hydrogen-bond acceptors (Lipinski definition) is 18. The fourth-order valence-corrected chi connectivity index (χ4v) is 7.68. The molecule has 5 saturated heterocycles. The Kier molecular flexibility index (Phi) is 15.0. The Labute approximate surface area is 330 Å². The molecule has 5 bridgehead atoms. The maximum atomic E-state index is 14.0. The van der Waals surface area contributed by atoms with Crippen LogP contribution in [-0.4, -0.2) is 198 Å². The lowest BCUT2D eigenvalue weighted by atomic mass is 9.78. The van der Waals surface area contributed by atoms with Crippen LogP contribution in [0.2, 0.25) is 0 Å². The summed E-state index contributed by atoms with van der Waals surface area (Å²) in [4.78, 5) is 114. The van der Waals surface area contributed by atoms with Crippen LogP contribution < -0.4 is 10.6 Å². The third kappa shape index (κ3) is 11.9. The SMILES string of the molecule is CC(C)[C@H](CC(=O)CNC(=O)CC[C@H]1C(=O)OC23OC(=O)CN4CCN(CCN1CCN(CC4)CC(=O)O2)CC(=O)O3)C(=O)N[C@H](C)C(=O)N1CCC[C@H]1B(O)O. The van der Waals surface area contributed by atoms with Gasteiger partial charge in [0.2, 0.25) is 17.7 Å². The molecule has 1 spiro atoms. The first-order valence-corrected chi connectivity index (χ1v) is 19.6. The first kappa shape index (κ1) is 43.9. The van der Waals surface area contributed by atoms with Crippen molar-refractivity contribution in [2.24, 2.45) is 11.8 Å². The van der Waals surface area contributed by atoms with E-state index in [1.54, 1.807) is 28.5 Å². The summed E-state index contributed by atoms with van der Waals surface area (Å²) in [6, 6.07) is -2.15. The Bertz CT molecular complexity index is 1500. The minimum absolute atomic E-state index is 0.146. The maximum Gasteiger partial charge on any atom is 0.619 e. The summed E-state index contributed by atoms with van der Waals surface area (Å²) in [5.41, 5.74) is 0. The largest absolute Gasteiger partial charge is 0.619 e. The zero-order valence-electron chi connectivity index (χ0n) is 32.7. The number of carbonyl (C=O) groups is 8. The van der Waals surface area contributed by atoms with E-state index in [1.165, 1.54) is 11.8 Å². The highest BCUT2D eigenvalue weighted by Crippen LogP contribution is 2.26. The number of nitrogens with zero attached hydrogens (tertiary/aromatic N) is 5. The number of hydrogen-bond donors (Lipinski definition) is 4. The predicted octanol–water partition coefficient (Wildman–Crippen LogP) is -3.96. The molecule has 0 aromatic carbocycles. The van der Waals surface area contributed by atoms with Gasteiger partial charge in [-0.1, -0.05) is 13.8 Å². The van der Waals surface area contributed by atoms with Crippen LogP contribution in [0.3, 0.4) is 0 Å². The van der Waals surface area contributed by atoms with Gasteiger partial charge >= 0.3 is 37.2 Å². The van der Waals surface area contributed by atoms with Gasteiger partial charge in [0.05, 0.1) is 32.1 Å². The van der Waals surface area contributed by atoms with Crippen LogP contribution in [-0.2, 0) is 57.3 Å². The monoisotopic (exact) mass is 807 g/mol. The summed E-state index contributed by atoms with van der Waals surface area (Å²) in [5, 5.41) is 24.5. The molecule has 4 N–H and O–H groups in total. The lowest BCUT2D eigenvalue weighted by Crippen LogP contribution is -2.53. The summed E-state index contributed by atoms with van der Waals surface area (Å²) < 4.78 is 21.6. The molecular weight excluding hydrogens is 753 g/mol. The molecule has 316 valence electrons. The standard InChI is InChI=1S/C35H54BN7O14/c1-22(2)25(32(49)38-23(3)33(50)43-8-4-5-27(43)36(52)53)17-24(44)18-37-28(45)7-6-26-34(51)57-35-54-29(46)19-39-9-11-40(20-30(47)55-35)13-15-42(26)16-14-41(12-10-39)21-31(48)56-35/h22-23,25-27,52-53H,4-21H2,1-3H3,(H,37,45)(H,38,49)/t23-,25+,26+,27+/m1/s1. The van der Waals surface area contributed by atoms with Crippen molar-refractivity contribution in [1.29, 1.82) is 0 Å². The highest BCUT2D eigenvalue weighted by molar-refractivity contribution is 6.43. The molecule has 2 unspecified atom stereocenters. The van der Waals surface area contributed by atoms with Gasteiger partial charge in [-0.25, -0.2) is 0 Å². The fourth-order valence-electron chi connectivity index (χ4n) is 7.68. The average molecular weight is 808 g/mol. The number of ether oxygens (including phenoxy) is 4. The smallest absolute Gasteiger partial charge is 0.426 e. The molecule has 0 aromatic heterocycles. The van der Waals surface area contributed by atoms with Crippen molar-refractivity contribution in [3.05, 3.63) is 0 Å². The van der Waals surface area contributed by atoms with Gasteiger partial charge in [-0.3, -0.25) is 58.0 Å². The predicted molar refractivity (Wildman–Crippen MR) is 195 cm³/mol. The van der Waals surface area contributed by atoms with Gasteiger partial charge in [0.1, 0.15) is 12.1 Å². The van der Waals surface area contributed by atoms with E-state index in [0.717, 1.165) is 0 Å². The van der Waals surface area contributed by atoms with Gasteiger partial charge in [-0.2, -0.15) is 0 Å². The number of likely N-dealkylation sites (tertiary alicyclic amines) is 1. The van der Waals surface area contributed by atoms with Crippen LogP contribution in [0.15, 0.2) is 0 Å². The molecule has 5 aliphatic rings. The minimum atomic E-state index is -3.14. The molecule has 5 heterocycles. The van der Waals surface area contributed by atoms with Crippen molar-refractivity contribution in [1.82, 2.24) is 35.1 Å². The van der Waals surface area contributed by atoms with Crippen molar-refractivity contribution >= 4 is 54.5 Å². The highest BCUT2D eigenvalue weighted by Gasteiger charge is 2.53. The van der Waals surface area contributed by atoms with Gasteiger partial charge in [0, 0.05) is 77.7 Å². The van der Waals surface area contributed by atoms with E-state index in [1.807, 2.05) is 4.90 Å². The van der Waals surface area contributed by atoms with Crippen LogP contribution in [0.5, 0.6) is 0 Å². The molecule has 22 heteroatoms. The number of ketones is 1. The van der Waals surface area contributed by atoms with E-state index < -0.39 is 91.1 Å². The molecule has 0 aromatic rings. The van der Waals surface area contributed by atoms with E-state index in [0.29, 0.717) is 58.7 Å².